The van der Waals surface area contributed by atoms with Gasteiger partial charge in [-0.3, -0.25) is 9.59 Å². The first-order valence-corrected chi connectivity index (χ1v) is 16.9. The first kappa shape index (κ1) is 36.6. The maximum absolute atomic E-state index is 14.0. The Kier molecular flexibility index (Phi) is 15.0. The van der Waals surface area contributed by atoms with Gasteiger partial charge in [0.15, 0.2) is 9.84 Å². The molecule has 2 aromatic rings. The number of rotatable bonds is 18. The van der Waals surface area contributed by atoms with E-state index in [0.717, 1.165) is 35.7 Å². The molecule has 0 fully saturated rings. The van der Waals surface area contributed by atoms with Crippen molar-refractivity contribution in [3.8, 4) is 0 Å². The minimum Gasteiger partial charge on any atom is -0.390 e. The van der Waals surface area contributed by atoms with E-state index >= 15 is 0 Å². The van der Waals surface area contributed by atoms with Gasteiger partial charge in [-0.05, 0) is 54.5 Å². The SMILES string of the molecule is CCCC(CCC)S(=O)(=O)C[C@@H](NC(=O)CCl)C(=O)N(Cc1cccc(CC)c1)C[C@@H](O)[C@@H](N)Cc1cc(F)cc(F)c1. The average molecular weight is 644 g/mol. The van der Waals surface area contributed by atoms with E-state index in [4.69, 9.17) is 17.3 Å². The molecule has 0 unspecified atom stereocenters. The van der Waals surface area contributed by atoms with E-state index in [1.165, 1.54) is 4.90 Å². The predicted molar refractivity (Wildman–Crippen MR) is 165 cm³/mol. The Morgan fingerprint density at radius 1 is 1.00 bits per heavy atom. The van der Waals surface area contributed by atoms with Crippen LogP contribution in [0.1, 0.15) is 63.1 Å². The molecule has 0 radical (unpaired) electrons. The normalized spacial score (nSPS) is 13.9. The predicted octanol–water partition coefficient (Wildman–Crippen LogP) is 3.89. The number of aliphatic hydroxyl groups excluding tert-OH is 1. The van der Waals surface area contributed by atoms with Crippen LogP contribution in [-0.4, -0.2) is 71.9 Å². The Bertz CT molecular complexity index is 1290. The largest absolute Gasteiger partial charge is 0.390 e. The number of hydrogen-bond donors (Lipinski definition) is 3. The molecule has 2 aromatic carbocycles. The number of amides is 2. The molecule has 2 amide bonds. The smallest absolute Gasteiger partial charge is 0.246 e. The molecule has 0 aliphatic heterocycles. The Morgan fingerprint density at radius 3 is 2.16 bits per heavy atom. The molecular formula is C31H44ClF2N3O5S. The minimum absolute atomic E-state index is 0.00825. The molecule has 0 aliphatic carbocycles. The van der Waals surface area contributed by atoms with Crippen LogP contribution in [0.15, 0.2) is 42.5 Å². The van der Waals surface area contributed by atoms with Gasteiger partial charge in [0.2, 0.25) is 11.8 Å². The first-order chi connectivity index (χ1) is 20.3. The van der Waals surface area contributed by atoms with Crippen LogP contribution in [0.5, 0.6) is 0 Å². The van der Waals surface area contributed by atoms with Crippen LogP contribution < -0.4 is 11.1 Å². The Labute approximate surface area is 258 Å². The highest BCUT2D eigenvalue weighted by Gasteiger charge is 2.35. The van der Waals surface area contributed by atoms with E-state index in [-0.39, 0.29) is 25.1 Å². The lowest BCUT2D eigenvalue weighted by Crippen LogP contribution is -2.55. The maximum atomic E-state index is 14.0. The number of nitrogens with zero attached hydrogens (tertiary/aromatic N) is 1. The number of benzene rings is 2. The Hall–Kier alpha value is -2.60. The summed E-state index contributed by atoms with van der Waals surface area (Å²) in [5.41, 5.74) is 8.17. The number of nitrogens with one attached hydrogen (secondary N) is 1. The molecule has 0 aromatic heterocycles. The molecule has 2 rings (SSSR count). The summed E-state index contributed by atoms with van der Waals surface area (Å²) < 4.78 is 54.4. The van der Waals surface area contributed by atoms with Gasteiger partial charge < -0.3 is 21.1 Å². The molecular weight excluding hydrogens is 600 g/mol. The number of aliphatic hydroxyl groups is 1. The molecule has 0 spiro atoms. The maximum Gasteiger partial charge on any atom is 0.246 e. The number of nitrogens with two attached hydrogens (primary N) is 1. The summed E-state index contributed by atoms with van der Waals surface area (Å²) in [5.74, 6) is -4.11. The monoisotopic (exact) mass is 643 g/mol. The van der Waals surface area contributed by atoms with Gasteiger partial charge in [-0.2, -0.15) is 0 Å². The summed E-state index contributed by atoms with van der Waals surface area (Å²) in [6.07, 6.45) is 1.41. The van der Waals surface area contributed by atoms with Crippen molar-refractivity contribution in [3.05, 3.63) is 70.8 Å². The fourth-order valence-corrected chi connectivity index (χ4v) is 7.27. The van der Waals surface area contributed by atoms with Crippen LogP contribution in [0, 0.1) is 11.6 Å². The van der Waals surface area contributed by atoms with Crippen molar-refractivity contribution in [1.82, 2.24) is 10.2 Å². The number of sulfone groups is 1. The van der Waals surface area contributed by atoms with Crippen molar-refractivity contribution in [1.29, 1.82) is 0 Å². The molecule has 12 heteroatoms. The third-order valence-electron chi connectivity index (χ3n) is 7.26. The van der Waals surface area contributed by atoms with Crippen molar-refractivity contribution < 1.29 is 31.9 Å². The molecule has 0 saturated carbocycles. The first-order valence-electron chi connectivity index (χ1n) is 14.6. The molecule has 240 valence electrons. The van der Waals surface area contributed by atoms with Gasteiger partial charge in [-0.25, -0.2) is 17.2 Å². The third-order valence-corrected chi connectivity index (χ3v) is 9.79. The zero-order valence-corrected chi connectivity index (χ0v) is 26.6. The number of carbonyl (C=O) groups is 2. The van der Waals surface area contributed by atoms with Crippen molar-refractivity contribution in [3.63, 3.8) is 0 Å². The summed E-state index contributed by atoms with van der Waals surface area (Å²) in [6, 6.07) is 7.92. The number of aryl methyl sites for hydroxylation is 1. The van der Waals surface area contributed by atoms with Crippen LogP contribution in [0.4, 0.5) is 8.78 Å². The summed E-state index contributed by atoms with van der Waals surface area (Å²) in [6.45, 7) is 5.41. The zero-order chi connectivity index (χ0) is 32.2. The molecule has 4 N–H and O–H groups in total. The van der Waals surface area contributed by atoms with Gasteiger partial charge in [-0.1, -0.05) is 57.9 Å². The van der Waals surface area contributed by atoms with Crippen LogP contribution in [0.2, 0.25) is 0 Å². The van der Waals surface area contributed by atoms with E-state index in [9.17, 15) is 31.9 Å². The van der Waals surface area contributed by atoms with Gasteiger partial charge in [-0.15, -0.1) is 11.6 Å². The van der Waals surface area contributed by atoms with E-state index in [1.54, 1.807) is 6.07 Å². The van der Waals surface area contributed by atoms with Crippen molar-refractivity contribution in [2.75, 3.05) is 18.2 Å². The summed E-state index contributed by atoms with van der Waals surface area (Å²) >= 11 is 5.71. The van der Waals surface area contributed by atoms with Gasteiger partial charge in [0, 0.05) is 25.2 Å². The van der Waals surface area contributed by atoms with Crippen molar-refractivity contribution >= 4 is 33.3 Å². The summed E-state index contributed by atoms with van der Waals surface area (Å²) in [7, 11) is -3.82. The summed E-state index contributed by atoms with van der Waals surface area (Å²) in [4.78, 5) is 27.6. The van der Waals surface area contributed by atoms with Crippen LogP contribution in [0.3, 0.4) is 0 Å². The van der Waals surface area contributed by atoms with Crippen molar-refractivity contribution in [2.45, 2.75) is 89.3 Å². The second-order valence-electron chi connectivity index (χ2n) is 10.9. The van der Waals surface area contributed by atoms with E-state index in [2.05, 4.69) is 5.32 Å². The number of alkyl halides is 1. The second-order valence-corrected chi connectivity index (χ2v) is 13.5. The highest BCUT2D eigenvalue weighted by molar-refractivity contribution is 7.92. The summed E-state index contributed by atoms with van der Waals surface area (Å²) in [5, 5.41) is 12.8. The van der Waals surface area contributed by atoms with Gasteiger partial charge in [0.25, 0.3) is 0 Å². The number of hydrogen-bond acceptors (Lipinski definition) is 6. The highest BCUT2D eigenvalue weighted by Crippen LogP contribution is 2.19. The van der Waals surface area contributed by atoms with Crippen molar-refractivity contribution in [2.24, 2.45) is 5.73 Å². The fourth-order valence-electron chi connectivity index (χ4n) is 5.04. The zero-order valence-electron chi connectivity index (χ0n) is 25.1. The lowest BCUT2D eigenvalue weighted by Gasteiger charge is -2.32. The van der Waals surface area contributed by atoms with Gasteiger partial charge >= 0.3 is 0 Å². The standard InChI is InChI=1S/C31H44ClF2N3O5S/c1-4-8-26(9-5-2)43(41,42)20-28(36-30(39)17-32)31(40)37(18-22-11-7-10-21(6-3)12-22)19-29(38)27(35)15-23-13-24(33)16-25(34)14-23/h7,10-14,16,26-29,38H,4-6,8-9,15,17-20,35H2,1-3H3,(H,36,39)/t27-,28+,29+/m0/s1. The average Bonchev–Trinajstić information content (AvgIpc) is 2.95. The van der Waals surface area contributed by atoms with Gasteiger partial charge in [0.05, 0.1) is 17.1 Å². The molecule has 0 saturated heterocycles. The Balaban J connectivity index is 2.42. The fraction of sp³-hybridized carbons (Fsp3) is 0.548. The molecule has 0 heterocycles. The molecule has 43 heavy (non-hydrogen) atoms. The highest BCUT2D eigenvalue weighted by atomic mass is 35.5. The van der Waals surface area contributed by atoms with E-state index in [1.807, 2.05) is 39.0 Å². The lowest BCUT2D eigenvalue weighted by molar-refractivity contribution is -0.137. The third kappa shape index (κ3) is 11.8. The Morgan fingerprint density at radius 2 is 1.60 bits per heavy atom. The quantitative estimate of drug-likeness (QED) is 0.211. The number of carbonyl (C=O) groups excluding carboxylic acids is 2. The molecule has 0 aliphatic rings. The van der Waals surface area contributed by atoms with Crippen LogP contribution >= 0.6 is 11.6 Å². The van der Waals surface area contributed by atoms with E-state index < -0.39 is 68.4 Å². The van der Waals surface area contributed by atoms with Crippen LogP contribution in [-0.2, 0) is 38.8 Å². The van der Waals surface area contributed by atoms with E-state index in [0.29, 0.717) is 25.7 Å². The minimum atomic E-state index is -3.82. The lowest BCUT2D eigenvalue weighted by atomic mass is 10.0. The second kappa shape index (κ2) is 17.6. The topological polar surface area (TPSA) is 130 Å². The molecule has 8 nitrogen and oxygen atoms in total. The van der Waals surface area contributed by atoms with Gasteiger partial charge in [0.1, 0.15) is 23.6 Å². The van der Waals surface area contributed by atoms with Crippen LogP contribution in [0.25, 0.3) is 0 Å². The molecule has 0 bridgehead atoms. The molecule has 3 atom stereocenters. The number of halogens is 3.